The molecule has 1 aromatic carbocycles. The first-order valence-electron chi connectivity index (χ1n) is 5.00. The van der Waals surface area contributed by atoms with Crippen LogP contribution in [0.3, 0.4) is 0 Å². The van der Waals surface area contributed by atoms with Gasteiger partial charge in [-0.15, -0.1) is 0 Å². The molecule has 5 nitrogen and oxygen atoms in total. The summed E-state index contributed by atoms with van der Waals surface area (Å²) < 4.78 is 26.5. The zero-order valence-corrected chi connectivity index (χ0v) is 11.2. The molecule has 0 atom stereocenters. The number of anilines is 1. The molecule has 1 fully saturated rings. The van der Waals surface area contributed by atoms with Gasteiger partial charge in [-0.25, -0.2) is 8.42 Å². The van der Waals surface area contributed by atoms with Gasteiger partial charge in [-0.05, 0) is 31.0 Å². The molecule has 1 aliphatic rings. The molecule has 0 aromatic heterocycles. The van der Waals surface area contributed by atoms with Crippen LogP contribution < -0.4 is 10.5 Å². The van der Waals surface area contributed by atoms with Crippen molar-refractivity contribution in [1.82, 2.24) is 0 Å². The minimum absolute atomic E-state index is 0.257. The van der Waals surface area contributed by atoms with Crippen LogP contribution in [-0.4, -0.2) is 19.6 Å². The maximum absolute atomic E-state index is 11.7. The van der Waals surface area contributed by atoms with Crippen molar-refractivity contribution in [2.24, 2.45) is 5.73 Å². The lowest BCUT2D eigenvalue weighted by molar-refractivity contribution is 0.1000. The van der Waals surface area contributed by atoms with E-state index in [0.717, 1.165) is 0 Å². The van der Waals surface area contributed by atoms with Gasteiger partial charge in [0.05, 0.1) is 10.9 Å². The Bertz CT molecular complexity index is 567. The third kappa shape index (κ3) is 2.98. The molecule has 1 aliphatic carbocycles. The number of primary amides is 1. The van der Waals surface area contributed by atoms with E-state index in [9.17, 15) is 13.2 Å². The van der Waals surface area contributed by atoms with Crippen molar-refractivity contribution < 1.29 is 13.2 Å². The van der Waals surface area contributed by atoms with E-state index in [1.54, 1.807) is 6.07 Å². The summed E-state index contributed by atoms with van der Waals surface area (Å²) in [7, 11) is -3.32. The summed E-state index contributed by atoms with van der Waals surface area (Å²) in [6, 6.07) is 4.55. The molecule has 0 heterocycles. The molecule has 2 rings (SSSR count). The van der Waals surface area contributed by atoms with Crippen LogP contribution in [0, 0.1) is 0 Å². The quantitative estimate of drug-likeness (QED) is 0.880. The second-order valence-electron chi connectivity index (χ2n) is 3.94. The summed E-state index contributed by atoms with van der Waals surface area (Å²) >= 11 is 3.20. The Labute approximate surface area is 108 Å². The highest BCUT2D eigenvalue weighted by Gasteiger charge is 2.35. The molecule has 0 radical (unpaired) electrons. The second kappa shape index (κ2) is 4.30. The minimum atomic E-state index is -3.32. The maximum Gasteiger partial charge on any atom is 0.248 e. The lowest BCUT2D eigenvalue weighted by Gasteiger charge is -2.08. The van der Waals surface area contributed by atoms with E-state index < -0.39 is 15.9 Å². The third-order valence-electron chi connectivity index (χ3n) is 2.41. The van der Waals surface area contributed by atoms with Gasteiger partial charge in [0.1, 0.15) is 0 Å². The number of nitrogens with one attached hydrogen (secondary N) is 1. The average Bonchev–Trinajstić information content (AvgIpc) is 2.98. The third-order valence-corrected chi connectivity index (χ3v) is 4.73. The summed E-state index contributed by atoms with van der Waals surface area (Å²) in [4.78, 5) is 11.0. The van der Waals surface area contributed by atoms with Crippen molar-refractivity contribution in [3.8, 4) is 0 Å². The lowest BCUT2D eigenvalue weighted by atomic mass is 10.2. The Morgan fingerprint density at radius 2 is 2.00 bits per heavy atom. The monoisotopic (exact) mass is 318 g/mol. The summed E-state index contributed by atoms with van der Waals surface area (Å²) in [6.45, 7) is 0. The van der Waals surface area contributed by atoms with Gasteiger partial charge in [0.2, 0.25) is 15.9 Å². The van der Waals surface area contributed by atoms with Crippen molar-refractivity contribution in [2.45, 2.75) is 18.1 Å². The van der Waals surface area contributed by atoms with Crippen LogP contribution in [0.4, 0.5) is 5.69 Å². The van der Waals surface area contributed by atoms with Crippen LogP contribution in [0.15, 0.2) is 22.7 Å². The predicted molar refractivity (Wildman–Crippen MR) is 68.2 cm³/mol. The molecule has 0 spiro atoms. The first-order valence-corrected chi connectivity index (χ1v) is 7.34. The molecule has 92 valence electrons. The number of sulfonamides is 1. The van der Waals surface area contributed by atoms with Gasteiger partial charge in [-0.2, -0.15) is 0 Å². The molecule has 0 unspecified atom stereocenters. The van der Waals surface area contributed by atoms with E-state index >= 15 is 0 Å². The SMILES string of the molecule is NC(=O)c1cc(Br)cc(NS(=O)(=O)C2CC2)c1. The lowest BCUT2D eigenvalue weighted by Crippen LogP contribution is -2.18. The van der Waals surface area contributed by atoms with E-state index in [0.29, 0.717) is 23.0 Å². The van der Waals surface area contributed by atoms with Crippen LogP contribution in [0.5, 0.6) is 0 Å². The minimum Gasteiger partial charge on any atom is -0.366 e. The van der Waals surface area contributed by atoms with Crippen molar-refractivity contribution in [1.29, 1.82) is 0 Å². The van der Waals surface area contributed by atoms with Gasteiger partial charge >= 0.3 is 0 Å². The molecule has 1 saturated carbocycles. The van der Waals surface area contributed by atoms with Crippen molar-refractivity contribution in [2.75, 3.05) is 4.72 Å². The highest BCUT2D eigenvalue weighted by molar-refractivity contribution is 9.10. The van der Waals surface area contributed by atoms with Crippen LogP contribution in [0.25, 0.3) is 0 Å². The first kappa shape index (κ1) is 12.4. The number of hydrogen-bond acceptors (Lipinski definition) is 3. The van der Waals surface area contributed by atoms with E-state index in [1.165, 1.54) is 12.1 Å². The first-order chi connectivity index (χ1) is 7.88. The number of carbonyl (C=O) groups excluding carboxylic acids is 1. The molecule has 3 N–H and O–H groups in total. The van der Waals surface area contributed by atoms with Gasteiger partial charge in [-0.1, -0.05) is 15.9 Å². The molecule has 1 aromatic rings. The summed E-state index contributed by atoms with van der Waals surface area (Å²) in [5.41, 5.74) is 5.76. The molecular weight excluding hydrogens is 308 g/mol. The van der Waals surface area contributed by atoms with Crippen LogP contribution in [0.2, 0.25) is 0 Å². The number of nitrogens with two attached hydrogens (primary N) is 1. The van der Waals surface area contributed by atoms with Gasteiger partial charge < -0.3 is 5.73 Å². The molecule has 17 heavy (non-hydrogen) atoms. The van der Waals surface area contributed by atoms with Gasteiger partial charge in [0.15, 0.2) is 0 Å². The highest BCUT2D eigenvalue weighted by atomic mass is 79.9. The smallest absolute Gasteiger partial charge is 0.248 e. The second-order valence-corrected chi connectivity index (χ2v) is 6.82. The molecule has 0 saturated heterocycles. The molecule has 0 aliphatic heterocycles. The Kier molecular flexibility index (Phi) is 3.13. The van der Waals surface area contributed by atoms with Crippen molar-refractivity contribution in [3.63, 3.8) is 0 Å². The highest BCUT2D eigenvalue weighted by Crippen LogP contribution is 2.30. The predicted octanol–water partition coefficient (Wildman–Crippen LogP) is 1.45. The summed E-state index contributed by atoms with van der Waals surface area (Å²) in [6.07, 6.45) is 1.37. The van der Waals surface area contributed by atoms with Gasteiger partial charge in [-0.3, -0.25) is 9.52 Å². The standard InChI is InChI=1S/C10H11BrN2O3S/c11-7-3-6(10(12)14)4-8(5-7)13-17(15,16)9-1-2-9/h3-5,9,13H,1-2H2,(H2,12,14). The Hall–Kier alpha value is -1.08. The fraction of sp³-hybridized carbons (Fsp3) is 0.300. The largest absolute Gasteiger partial charge is 0.366 e. The van der Waals surface area contributed by atoms with E-state index in [2.05, 4.69) is 20.7 Å². The molecular formula is C10H11BrN2O3S. The Morgan fingerprint density at radius 3 is 2.53 bits per heavy atom. The van der Waals surface area contributed by atoms with E-state index in [-0.39, 0.29) is 10.8 Å². The number of benzene rings is 1. The maximum atomic E-state index is 11.7. The number of rotatable bonds is 4. The summed E-state index contributed by atoms with van der Waals surface area (Å²) in [5.74, 6) is -0.599. The molecule has 1 amide bonds. The fourth-order valence-electron chi connectivity index (χ4n) is 1.42. The molecule has 0 bridgehead atoms. The summed E-state index contributed by atoms with van der Waals surface area (Å²) in [5, 5.41) is -0.307. The Balaban J connectivity index is 2.29. The topological polar surface area (TPSA) is 89.3 Å². The average molecular weight is 319 g/mol. The van der Waals surface area contributed by atoms with Crippen molar-refractivity contribution >= 4 is 37.5 Å². The van der Waals surface area contributed by atoms with Crippen LogP contribution in [-0.2, 0) is 10.0 Å². The zero-order chi connectivity index (χ0) is 12.6. The van der Waals surface area contributed by atoms with Gasteiger partial charge in [0.25, 0.3) is 0 Å². The zero-order valence-electron chi connectivity index (χ0n) is 8.81. The fourth-order valence-corrected chi connectivity index (χ4v) is 3.28. The number of amides is 1. The van der Waals surface area contributed by atoms with Crippen molar-refractivity contribution in [3.05, 3.63) is 28.2 Å². The number of halogens is 1. The van der Waals surface area contributed by atoms with Crippen LogP contribution >= 0.6 is 15.9 Å². The normalized spacial score (nSPS) is 15.6. The van der Waals surface area contributed by atoms with Crippen LogP contribution in [0.1, 0.15) is 23.2 Å². The van der Waals surface area contributed by atoms with E-state index in [4.69, 9.17) is 5.73 Å². The number of hydrogen-bond donors (Lipinski definition) is 2. The Morgan fingerprint density at radius 1 is 1.35 bits per heavy atom. The van der Waals surface area contributed by atoms with E-state index in [1.807, 2.05) is 0 Å². The molecule has 7 heteroatoms. The number of carbonyl (C=O) groups is 1. The van der Waals surface area contributed by atoms with Gasteiger partial charge in [0, 0.05) is 10.0 Å².